The second-order valence-electron chi connectivity index (χ2n) is 5.15. The van der Waals surface area contributed by atoms with Crippen LogP contribution in [0.15, 0.2) is 48.8 Å². The van der Waals surface area contributed by atoms with Crippen molar-refractivity contribution >= 4 is 5.91 Å². The van der Waals surface area contributed by atoms with E-state index in [-0.39, 0.29) is 11.9 Å². The van der Waals surface area contributed by atoms with Gasteiger partial charge >= 0.3 is 0 Å². The third-order valence-corrected chi connectivity index (χ3v) is 3.30. The number of aromatic nitrogens is 2. The first-order chi connectivity index (χ1) is 10.1. The van der Waals surface area contributed by atoms with Crippen molar-refractivity contribution in [1.82, 2.24) is 15.1 Å². The summed E-state index contributed by atoms with van der Waals surface area (Å²) in [6.07, 6.45) is 3.84. The number of aliphatic hydroxyl groups is 1. The van der Waals surface area contributed by atoms with Crippen LogP contribution < -0.4 is 5.32 Å². The minimum Gasteiger partial charge on any atom is -0.388 e. The van der Waals surface area contributed by atoms with Gasteiger partial charge in [-0.1, -0.05) is 30.3 Å². The Balaban J connectivity index is 1.73. The van der Waals surface area contributed by atoms with Crippen LogP contribution in [0.1, 0.15) is 31.4 Å². The molecule has 112 valence electrons. The molecule has 1 heterocycles. The van der Waals surface area contributed by atoms with Crippen molar-refractivity contribution in [3.8, 4) is 0 Å². The van der Waals surface area contributed by atoms with Crippen LogP contribution in [0, 0.1) is 0 Å². The van der Waals surface area contributed by atoms with Crippen LogP contribution >= 0.6 is 0 Å². The molecule has 0 saturated heterocycles. The van der Waals surface area contributed by atoms with Gasteiger partial charge < -0.3 is 10.4 Å². The quantitative estimate of drug-likeness (QED) is 0.817. The summed E-state index contributed by atoms with van der Waals surface area (Å²) >= 11 is 0. The average Bonchev–Trinajstić information content (AvgIpc) is 2.99. The Kier molecular flexibility index (Phi) is 5.51. The Labute approximate surface area is 124 Å². The zero-order valence-electron chi connectivity index (χ0n) is 12.1. The van der Waals surface area contributed by atoms with Gasteiger partial charge in [0.15, 0.2) is 0 Å². The summed E-state index contributed by atoms with van der Waals surface area (Å²) in [5.41, 5.74) is 0.871. The van der Waals surface area contributed by atoms with Crippen molar-refractivity contribution in [3.05, 3.63) is 54.4 Å². The van der Waals surface area contributed by atoms with Crippen LogP contribution in [0.2, 0.25) is 0 Å². The Morgan fingerprint density at radius 1 is 1.33 bits per heavy atom. The molecule has 1 aromatic heterocycles. The largest absolute Gasteiger partial charge is 0.388 e. The summed E-state index contributed by atoms with van der Waals surface area (Å²) in [7, 11) is 0. The van der Waals surface area contributed by atoms with E-state index in [0.717, 1.165) is 5.56 Å². The van der Waals surface area contributed by atoms with Crippen molar-refractivity contribution in [2.24, 2.45) is 0 Å². The summed E-state index contributed by atoms with van der Waals surface area (Å²) in [6.45, 7) is 2.46. The first kappa shape index (κ1) is 15.3. The first-order valence-electron chi connectivity index (χ1n) is 7.15. The molecule has 0 aliphatic rings. The van der Waals surface area contributed by atoms with Gasteiger partial charge in [0.05, 0.1) is 6.10 Å². The van der Waals surface area contributed by atoms with Gasteiger partial charge in [0.1, 0.15) is 0 Å². The molecule has 1 amide bonds. The molecule has 5 nitrogen and oxygen atoms in total. The van der Waals surface area contributed by atoms with Gasteiger partial charge in [-0.3, -0.25) is 9.48 Å². The average molecular weight is 287 g/mol. The molecule has 5 heteroatoms. The molecule has 0 saturated carbocycles. The van der Waals surface area contributed by atoms with Gasteiger partial charge in [0.2, 0.25) is 5.91 Å². The van der Waals surface area contributed by atoms with Crippen molar-refractivity contribution in [2.45, 2.75) is 38.5 Å². The fourth-order valence-corrected chi connectivity index (χ4v) is 2.20. The second kappa shape index (κ2) is 7.59. The Hall–Kier alpha value is -2.14. The van der Waals surface area contributed by atoms with E-state index in [2.05, 4.69) is 10.4 Å². The van der Waals surface area contributed by atoms with Crippen LogP contribution in [0.25, 0.3) is 0 Å². The predicted molar refractivity (Wildman–Crippen MR) is 80.5 cm³/mol. The van der Waals surface area contributed by atoms with Crippen LogP contribution in [0.3, 0.4) is 0 Å². The summed E-state index contributed by atoms with van der Waals surface area (Å²) in [5.74, 6) is -0.0294. The highest BCUT2D eigenvalue weighted by molar-refractivity contribution is 5.76. The van der Waals surface area contributed by atoms with Gasteiger partial charge in [-0.25, -0.2) is 0 Å². The van der Waals surface area contributed by atoms with Gasteiger partial charge in [-0.15, -0.1) is 0 Å². The van der Waals surface area contributed by atoms with E-state index in [4.69, 9.17) is 0 Å². The maximum absolute atomic E-state index is 11.8. The van der Waals surface area contributed by atoms with Crippen molar-refractivity contribution < 1.29 is 9.90 Å². The highest BCUT2D eigenvalue weighted by Crippen LogP contribution is 2.17. The van der Waals surface area contributed by atoms with Crippen LogP contribution in [-0.4, -0.2) is 26.8 Å². The molecule has 1 aromatic carbocycles. The number of hydrogen-bond donors (Lipinski definition) is 2. The molecule has 0 fully saturated rings. The van der Waals surface area contributed by atoms with E-state index in [1.165, 1.54) is 0 Å². The van der Waals surface area contributed by atoms with E-state index in [1.54, 1.807) is 10.9 Å². The summed E-state index contributed by atoms with van der Waals surface area (Å²) in [6, 6.07) is 11.2. The summed E-state index contributed by atoms with van der Waals surface area (Å²) < 4.78 is 1.73. The Bertz CT molecular complexity index is 540. The minimum atomic E-state index is -0.562. The number of amides is 1. The number of benzene rings is 1. The number of rotatable bonds is 7. The molecule has 0 spiro atoms. The van der Waals surface area contributed by atoms with E-state index >= 15 is 0 Å². The lowest BCUT2D eigenvalue weighted by Crippen LogP contribution is -2.34. The number of carbonyl (C=O) groups excluding carboxylic acids is 1. The zero-order valence-corrected chi connectivity index (χ0v) is 12.1. The lowest BCUT2D eigenvalue weighted by molar-refractivity contribution is -0.122. The Morgan fingerprint density at radius 3 is 2.76 bits per heavy atom. The molecule has 2 atom stereocenters. The topological polar surface area (TPSA) is 67.2 Å². The molecule has 2 N–H and O–H groups in total. The molecule has 0 unspecified atom stereocenters. The number of aliphatic hydroxyl groups excluding tert-OH is 1. The second-order valence-corrected chi connectivity index (χ2v) is 5.15. The number of nitrogens with one attached hydrogen (secondary N) is 1. The SMILES string of the molecule is C[C@H](C[C@@H](O)c1ccccc1)NC(=O)CCn1cccn1. The molecular weight excluding hydrogens is 266 g/mol. The summed E-state index contributed by atoms with van der Waals surface area (Å²) in [4.78, 5) is 11.8. The highest BCUT2D eigenvalue weighted by atomic mass is 16.3. The maximum atomic E-state index is 11.8. The van der Waals surface area contributed by atoms with E-state index in [0.29, 0.717) is 19.4 Å². The number of nitrogens with zero attached hydrogens (tertiary/aromatic N) is 2. The van der Waals surface area contributed by atoms with Gasteiger partial charge in [-0.2, -0.15) is 5.10 Å². The minimum absolute atomic E-state index is 0.0294. The standard InChI is InChI=1S/C16H21N3O2/c1-13(12-15(20)14-6-3-2-4-7-14)18-16(21)8-11-19-10-5-9-17-19/h2-7,9-10,13,15,20H,8,11-12H2,1H3,(H,18,21)/t13-,15-/m1/s1. The molecule has 0 bridgehead atoms. The molecule has 0 aliphatic carbocycles. The van der Waals surface area contributed by atoms with Crippen molar-refractivity contribution in [1.29, 1.82) is 0 Å². The van der Waals surface area contributed by atoms with Crippen LogP contribution in [0.4, 0.5) is 0 Å². The lowest BCUT2D eigenvalue weighted by atomic mass is 10.0. The van der Waals surface area contributed by atoms with Crippen molar-refractivity contribution in [3.63, 3.8) is 0 Å². The zero-order chi connectivity index (χ0) is 15.1. The fraction of sp³-hybridized carbons (Fsp3) is 0.375. The number of carbonyl (C=O) groups is 1. The van der Waals surface area contributed by atoms with Crippen LogP contribution in [-0.2, 0) is 11.3 Å². The fourth-order valence-electron chi connectivity index (χ4n) is 2.20. The van der Waals surface area contributed by atoms with Gasteiger partial charge in [0, 0.05) is 31.4 Å². The van der Waals surface area contributed by atoms with Crippen LogP contribution in [0.5, 0.6) is 0 Å². The number of hydrogen-bond acceptors (Lipinski definition) is 3. The normalized spacial score (nSPS) is 13.6. The summed E-state index contributed by atoms with van der Waals surface area (Å²) in [5, 5.41) is 17.1. The predicted octanol–water partition coefficient (Wildman–Crippen LogP) is 1.90. The van der Waals surface area contributed by atoms with Gasteiger partial charge in [-0.05, 0) is 25.0 Å². The third kappa shape index (κ3) is 5.04. The highest BCUT2D eigenvalue weighted by Gasteiger charge is 2.14. The van der Waals surface area contributed by atoms with Crippen molar-refractivity contribution in [2.75, 3.05) is 0 Å². The molecule has 2 aromatic rings. The van der Waals surface area contributed by atoms with Gasteiger partial charge in [0.25, 0.3) is 0 Å². The molecule has 21 heavy (non-hydrogen) atoms. The van der Waals surface area contributed by atoms with E-state index < -0.39 is 6.10 Å². The van der Waals surface area contributed by atoms with E-state index in [9.17, 15) is 9.90 Å². The smallest absolute Gasteiger partial charge is 0.222 e. The first-order valence-corrected chi connectivity index (χ1v) is 7.15. The lowest BCUT2D eigenvalue weighted by Gasteiger charge is -2.18. The van der Waals surface area contributed by atoms with E-state index in [1.807, 2.05) is 49.5 Å². The maximum Gasteiger partial charge on any atom is 0.222 e. The molecular formula is C16H21N3O2. The molecule has 0 aliphatic heterocycles. The molecule has 2 rings (SSSR count). The Morgan fingerprint density at radius 2 is 2.10 bits per heavy atom. The third-order valence-electron chi connectivity index (χ3n) is 3.30. The number of aryl methyl sites for hydroxylation is 1. The monoisotopic (exact) mass is 287 g/mol. The molecule has 0 radical (unpaired) electrons.